The van der Waals surface area contributed by atoms with E-state index >= 15 is 0 Å². The number of nitrogens with zero attached hydrogens (tertiary/aromatic N) is 2. The van der Waals surface area contributed by atoms with Gasteiger partial charge in [0.15, 0.2) is 11.6 Å². The summed E-state index contributed by atoms with van der Waals surface area (Å²) in [7, 11) is 0. The summed E-state index contributed by atoms with van der Waals surface area (Å²) < 4.78 is 5.71. The molecule has 2 aromatic heterocycles. The molecule has 0 aliphatic heterocycles. The van der Waals surface area contributed by atoms with Gasteiger partial charge in [0.25, 0.3) is 0 Å². The Morgan fingerprint density at radius 1 is 1.21 bits per heavy atom. The van der Waals surface area contributed by atoms with Crippen LogP contribution in [0.3, 0.4) is 0 Å². The molecule has 0 bridgehead atoms. The van der Waals surface area contributed by atoms with Gasteiger partial charge < -0.3 is 10.1 Å². The summed E-state index contributed by atoms with van der Waals surface area (Å²) in [6, 6.07) is 9.76. The molecule has 0 saturated heterocycles. The number of hydrogen-bond donors (Lipinski definition) is 1. The SMILES string of the molecule is Cc1cccc(CNc2ncccc2OC(C)C)n1. The van der Waals surface area contributed by atoms with E-state index in [0.29, 0.717) is 6.54 Å². The van der Waals surface area contributed by atoms with Crippen LogP contribution in [0.4, 0.5) is 5.82 Å². The predicted octanol–water partition coefficient (Wildman–Crippen LogP) is 3.18. The third kappa shape index (κ3) is 3.95. The van der Waals surface area contributed by atoms with Gasteiger partial charge in [0.2, 0.25) is 0 Å². The van der Waals surface area contributed by atoms with Crippen molar-refractivity contribution in [2.45, 2.75) is 33.4 Å². The Balaban J connectivity index is 2.07. The molecule has 0 fully saturated rings. The summed E-state index contributed by atoms with van der Waals surface area (Å²) in [5.41, 5.74) is 2.00. The molecule has 2 aromatic rings. The molecule has 0 aliphatic rings. The minimum absolute atomic E-state index is 0.127. The van der Waals surface area contributed by atoms with Crippen molar-refractivity contribution < 1.29 is 4.74 Å². The number of ether oxygens (including phenoxy) is 1. The van der Waals surface area contributed by atoms with Gasteiger partial charge in [-0.1, -0.05) is 6.07 Å². The Hall–Kier alpha value is -2.10. The van der Waals surface area contributed by atoms with E-state index in [-0.39, 0.29) is 6.10 Å². The van der Waals surface area contributed by atoms with Gasteiger partial charge in [0.1, 0.15) is 0 Å². The molecule has 1 N–H and O–H groups in total. The van der Waals surface area contributed by atoms with E-state index in [4.69, 9.17) is 4.74 Å². The first kappa shape index (κ1) is 13.3. The van der Waals surface area contributed by atoms with Crippen LogP contribution >= 0.6 is 0 Å². The molecule has 2 heterocycles. The summed E-state index contributed by atoms with van der Waals surface area (Å²) in [6.45, 7) is 6.61. The van der Waals surface area contributed by atoms with Crippen molar-refractivity contribution in [2.75, 3.05) is 5.32 Å². The first-order chi connectivity index (χ1) is 9.15. The Morgan fingerprint density at radius 2 is 2.05 bits per heavy atom. The first-order valence-corrected chi connectivity index (χ1v) is 6.43. The van der Waals surface area contributed by atoms with Crippen LogP contribution in [0.2, 0.25) is 0 Å². The van der Waals surface area contributed by atoms with Crippen LogP contribution in [0.5, 0.6) is 5.75 Å². The zero-order chi connectivity index (χ0) is 13.7. The molecule has 2 rings (SSSR count). The minimum Gasteiger partial charge on any atom is -0.487 e. The van der Waals surface area contributed by atoms with Gasteiger partial charge >= 0.3 is 0 Å². The number of hydrogen-bond acceptors (Lipinski definition) is 4. The lowest BCUT2D eigenvalue weighted by Crippen LogP contribution is -2.10. The maximum Gasteiger partial charge on any atom is 0.169 e. The second-order valence-corrected chi connectivity index (χ2v) is 4.64. The average Bonchev–Trinajstić information content (AvgIpc) is 2.37. The maximum absolute atomic E-state index is 5.71. The molecule has 100 valence electrons. The van der Waals surface area contributed by atoms with Crippen molar-refractivity contribution in [3.8, 4) is 5.75 Å². The number of aryl methyl sites for hydroxylation is 1. The van der Waals surface area contributed by atoms with Gasteiger partial charge in [0, 0.05) is 11.9 Å². The van der Waals surface area contributed by atoms with Gasteiger partial charge in [-0.05, 0) is 45.0 Å². The normalized spacial score (nSPS) is 10.5. The summed E-state index contributed by atoms with van der Waals surface area (Å²) in [5, 5.41) is 3.26. The van der Waals surface area contributed by atoms with Crippen LogP contribution < -0.4 is 10.1 Å². The van der Waals surface area contributed by atoms with Crippen molar-refractivity contribution in [2.24, 2.45) is 0 Å². The van der Waals surface area contributed by atoms with Gasteiger partial charge in [0.05, 0.1) is 18.3 Å². The average molecular weight is 257 g/mol. The lowest BCUT2D eigenvalue weighted by molar-refractivity contribution is 0.243. The molecule has 0 aromatic carbocycles. The Bertz CT molecular complexity index is 540. The van der Waals surface area contributed by atoms with Crippen LogP contribution in [0.1, 0.15) is 25.2 Å². The lowest BCUT2D eigenvalue weighted by Gasteiger charge is -2.14. The molecule has 4 heteroatoms. The Labute approximate surface area is 113 Å². The molecular weight excluding hydrogens is 238 g/mol. The molecule has 0 radical (unpaired) electrons. The molecule has 4 nitrogen and oxygen atoms in total. The highest BCUT2D eigenvalue weighted by Gasteiger charge is 2.06. The second kappa shape index (κ2) is 6.18. The summed E-state index contributed by atoms with van der Waals surface area (Å²) in [4.78, 5) is 8.75. The molecule has 0 amide bonds. The third-order valence-electron chi connectivity index (χ3n) is 2.52. The van der Waals surface area contributed by atoms with E-state index in [1.54, 1.807) is 6.20 Å². The molecule has 0 spiro atoms. The monoisotopic (exact) mass is 257 g/mol. The minimum atomic E-state index is 0.127. The largest absolute Gasteiger partial charge is 0.487 e. The Morgan fingerprint density at radius 3 is 2.79 bits per heavy atom. The second-order valence-electron chi connectivity index (χ2n) is 4.64. The van der Waals surface area contributed by atoms with E-state index < -0.39 is 0 Å². The maximum atomic E-state index is 5.71. The number of aromatic nitrogens is 2. The van der Waals surface area contributed by atoms with Gasteiger partial charge in [-0.2, -0.15) is 0 Å². The number of pyridine rings is 2. The standard InChI is InChI=1S/C15H19N3O/c1-11(2)19-14-8-5-9-16-15(14)17-10-13-7-4-6-12(3)18-13/h4-9,11H,10H2,1-3H3,(H,16,17). The number of rotatable bonds is 5. The van der Waals surface area contributed by atoms with Gasteiger partial charge in [-0.15, -0.1) is 0 Å². The van der Waals surface area contributed by atoms with E-state index in [1.807, 2.05) is 51.1 Å². The van der Waals surface area contributed by atoms with Crippen LogP contribution in [0.25, 0.3) is 0 Å². The summed E-state index contributed by atoms with van der Waals surface area (Å²) in [6.07, 6.45) is 1.88. The van der Waals surface area contributed by atoms with Crippen LogP contribution in [0, 0.1) is 6.92 Å². The zero-order valence-electron chi connectivity index (χ0n) is 11.6. The zero-order valence-corrected chi connectivity index (χ0v) is 11.6. The van der Waals surface area contributed by atoms with E-state index in [0.717, 1.165) is 23.0 Å². The molecular formula is C15H19N3O. The highest BCUT2D eigenvalue weighted by molar-refractivity contribution is 5.49. The fraction of sp³-hybridized carbons (Fsp3) is 0.333. The number of nitrogens with one attached hydrogen (secondary N) is 1. The molecule has 19 heavy (non-hydrogen) atoms. The fourth-order valence-corrected chi connectivity index (χ4v) is 1.74. The van der Waals surface area contributed by atoms with E-state index in [9.17, 15) is 0 Å². The Kier molecular flexibility index (Phi) is 4.34. The highest BCUT2D eigenvalue weighted by Crippen LogP contribution is 2.22. The third-order valence-corrected chi connectivity index (χ3v) is 2.52. The first-order valence-electron chi connectivity index (χ1n) is 6.43. The molecule has 0 unspecified atom stereocenters. The summed E-state index contributed by atoms with van der Waals surface area (Å²) >= 11 is 0. The molecule has 0 aliphatic carbocycles. The van der Waals surface area contributed by atoms with Crippen molar-refractivity contribution in [3.63, 3.8) is 0 Å². The highest BCUT2D eigenvalue weighted by atomic mass is 16.5. The van der Waals surface area contributed by atoms with Crippen molar-refractivity contribution in [1.29, 1.82) is 0 Å². The van der Waals surface area contributed by atoms with Crippen LogP contribution in [-0.2, 0) is 6.54 Å². The lowest BCUT2D eigenvalue weighted by atomic mass is 10.3. The van der Waals surface area contributed by atoms with Crippen molar-refractivity contribution >= 4 is 5.82 Å². The predicted molar refractivity (Wildman–Crippen MR) is 76.3 cm³/mol. The van der Waals surface area contributed by atoms with Gasteiger partial charge in [-0.3, -0.25) is 4.98 Å². The number of anilines is 1. The van der Waals surface area contributed by atoms with E-state index in [1.165, 1.54) is 0 Å². The molecule has 0 saturated carbocycles. The van der Waals surface area contributed by atoms with Crippen molar-refractivity contribution in [3.05, 3.63) is 47.9 Å². The van der Waals surface area contributed by atoms with E-state index in [2.05, 4.69) is 15.3 Å². The quantitative estimate of drug-likeness (QED) is 0.893. The van der Waals surface area contributed by atoms with Crippen molar-refractivity contribution in [1.82, 2.24) is 9.97 Å². The van der Waals surface area contributed by atoms with Crippen LogP contribution in [0.15, 0.2) is 36.5 Å². The summed E-state index contributed by atoms with van der Waals surface area (Å²) in [5.74, 6) is 1.52. The fourth-order valence-electron chi connectivity index (χ4n) is 1.74. The smallest absolute Gasteiger partial charge is 0.169 e. The van der Waals surface area contributed by atoms with Gasteiger partial charge in [-0.25, -0.2) is 4.98 Å². The van der Waals surface area contributed by atoms with Crippen LogP contribution in [-0.4, -0.2) is 16.1 Å². The topological polar surface area (TPSA) is 47.0 Å². The molecule has 0 atom stereocenters.